The second-order valence-corrected chi connectivity index (χ2v) is 5.85. The number of nitrogens with zero attached hydrogens (tertiary/aromatic N) is 1. The van der Waals surface area contributed by atoms with E-state index in [2.05, 4.69) is 36.1 Å². The quantitative estimate of drug-likeness (QED) is 0.739. The molecule has 2 nitrogen and oxygen atoms in total. The summed E-state index contributed by atoms with van der Waals surface area (Å²) < 4.78 is 0. The Balaban J connectivity index is 1.86. The highest BCUT2D eigenvalue weighted by atomic mass is 35.5. The van der Waals surface area contributed by atoms with Crippen molar-refractivity contribution in [2.75, 3.05) is 13.6 Å². The number of benzene rings is 2. The molecule has 0 heterocycles. The van der Waals surface area contributed by atoms with Crippen molar-refractivity contribution in [2.45, 2.75) is 19.9 Å². The molecule has 0 saturated heterocycles. The lowest BCUT2D eigenvalue weighted by Crippen LogP contribution is -2.21. The molecule has 2 rings (SSSR count). The third-order valence-corrected chi connectivity index (χ3v) is 3.64. The molecular weight excluding hydrogens is 282 g/mol. The summed E-state index contributed by atoms with van der Waals surface area (Å²) in [7, 11) is 2.04. The topological polar surface area (TPSA) is 20.3 Å². The second kappa shape index (κ2) is 7.39. The van der Waals surface area contributed by atoms with Crippen LogP contribution < -0.4 is 0 Å². The van der Waals surface area contributed by atoms with E-state index in [4.69, 9.17) is 11.6 Å². The van der Waals surface area contributed by atoms with Crippen molar-refractivity contribution < 1.29 is 4.79 Å². The van der Waals surface area contributed by atoms with E-state index in [0.717, 1.165) is 13.1 Å². The molecule has 0 N–H and O–H groups in total. The van der Waals surface area contributed by atoms with Gasteiger partial charge in [0.15, 0.2) is 5.78 Å². The summed E-state index contributed by atoms with van der Waals surface area (Å²) in [4.78, 5) is 14.3. The van der Waals surface area contributed by atoms with Crippen LogP contribution in [0.2, 0.25) is 5.02 Å². The fourth-order valence-corrected chi connectivity index (χ4v) is 2.49. The lowest BCUT2D eigenvalue weighted by molar-refractivity contribution is 0.0968. The van der Waals surface area contributed by atoms with Crippen LogP contribution in [0.15, 0.2) is 48.5 Å². The predicted octanol–water partition coefficient (Wildman–Crippen LogP) is 4.35. The number of hydrogen-bond donors (Lipinski definition) is 0. The molecule has 0 bridgehead atoms. The molecular formula is C18H20ClNO. The van der Waals surface area contributed by atoms with Crippen LogP contribution in [0.25, 0.3) is 0 Å². The highest BCUT2D eigenvalue weighted by molar-refractivity contribution is 6.31. The third kappa shape index (κ3) is 5.00. The van der Waals surface area contributed by atoms with Gasteiger partial charge in [0, 0.05) is 30.1 Å². The zero-order valence-corrected chi connectivity index (χ0v) is 13.2. The van der Waals surface area contributed by atoms with Gasteiger partial charge in [-0.2, -0.15) is 0 Å². The monoisotopic (exact) mass is 301 g/mol. The summed E-state index contributed by atoms with van der Waals surface area (Å²) in [5.74, 6) is 0.133. The smallest absolute Gasteiger partial charge is 0.164 e. The van der Waals surface area contributed by atoms with Crippen LogP contribution in [0.5, 0.6) is 0 Å². The van der Waals surface area contributed by atoms with E-state index in [1.807, 2.05) is 19.2 Å². The number of carbonyl (C=O) groups excluding carboxylic acids is 1. The molecule has 0 aliphatic carbocycles. The lowest BCUT2D eigenvalue weighted by atomic mass is 10.1. The van der Waals surface area contributed by atoms with Gasteiger partial charge >= 0.3 is 0 Å². The number of aryl methyl sites for hydroxylation is 1. The van der Waals surface area contributed by atoms with Crippen molar-refractivity contribution in [1.82, 2.24) is 4.90 Å². The highest BCUT2D eigenvalue weighted by Gasteiger charge is 2.08. The normalized spacial score (nSPS) is 10.9. The Morgan fingerprint density at radius 1 is 1.14 bits per heavy atom. The van der Waals surface area contributed by atoms with Crippen LogP contribution >= 0.6 is 11.6 Å². The van der Waals surface area contributed by atoms with E-state index >= 15 is 0 Å². The van der Waals surface area contributed by atoms with Crippen LogP contribution in [0, 0.1) is 6.92 Å². The Morgan fingerprint density at radius 3 is 2.62 bits per heavy atom. The van der Waals surface area contributed by atoms with E-state index in [-0.39, 0.29) is 5.78 Å². The van der Waals surface area contributed by atoms with Crippen LogP contribution in [-0.4, -0.2) is 24.3 Å². The van der Waals surface area contributed by atoms with Gasteiger partial charge in [-0.15, -0.1) is 0 Å². The number of rotatable bonds is 6. The minimum Gasteiger partial charge on any atom is -0.302 e. The zero-order valence-electron chi connectivity index (χ0n) is 12.5. The van der Waals surface area contributed by atoms with Gasteiger partial charge in [0.05, 0.1) is 0 Å². The Kier molecular flexibility index (Phi) is 5.54. The molecule has 0 unspecified atom stereocenters. The minimum absolute atomic E-state index is 0.133. The fraction of sp³-hybridized carbons (Fsp3) is 0.278. The molecule has 0 amide bonds. The van der Waals surface area contributed by atoms with Crippen LogP contribution in [0.1, 0.15) is 27.9 Å². The number of halogens is 1. The van der Waals surface area contributed by atoms with Gasteiger partial charge in [0.25, 0.3) is 0 Å². The first kappa shape index (κ1) is 15.7. The first-order chi connectivity index (χ1) is 10.0. The molecule has 0 atom stereocenters. The average molecular weight is 302 g/mol. The molecule has 0 radical (unpaired) electrons. The van der Waals surface area contributed by atoms with E-state index in [0.29, 0.717) is 17.0 Å². The van der Waals surface area contributed by atoms with Gasteiger partial charge < -0.3 is 4.90 Å². The number of ketones is 1. The Bertz CT molecular complexity index is 624. The van der Waals surface area contributed by atoms with Crippen molar-refractivity contribution in [3.05, 3.63) is 70.2 Å². The molecule has 21 heavy (non-hydrogen) atoms. The maximum absolute atomic E-state index is 12.1. The standard InChI is InChI=1S/C18H20ClNO/c1-14-5-3-6-15(11-14)13-20(2)10-9-18(21)16-7-4-8-17(19)12-16/h3-8,11-12H,9-10,13H2,1-2H3. The molecule has 3 heteroatoms. The summed E-state index contributed by atoms with van der Waals surface area (Å²) in [6.45, 7) is 3.68. The Labute approximate surface area is 131 Å². The van der Waals surface area contributed by atoms with Crippen molar-refractivity contribution in [1.29, 1.82) is 0 Å². The molecule has 0 fully saturated rings. The zero-order chi connectivity index (χ0) is 15.2. The third-order valence-electron chi connectivity index (χ3n) is 3.40. The first-order valence-electron chi connectivity index (χ1n) is 7.07. The maximum atomic E-state index is 12.1. The number of hydrogen-bond acceptors (Lipinski definition) is 2. The van der Waals surface area contributed by atoms with Crippen molar-refractivity contribution in [3.8, 4) is 0 Å². The van der Waals surface area contributed by atoms with Crippen LogP contribution in [0.4, 0.5) is 0 Å². The van der Waals surface area contributed by atoms with Gasteiger partial charge in [-0.3, -0.25) is 4.79 Å². The summed E-state index contributed by atoms with van der Waals surface area (Å²) in [6, 6.07) is 15.6. The largest absolute Gasteiger partial charge is 0.302 e. The van der Waals surface area contributed by atoms with E-state index in [9.17, 15) is 4.79 Å². The summed E-state index contributed by atoms with van der Waals surface area (Å²) >= 11 is 5.91. The minimum atomic E-state index is 0.133. The highest BCUT2D eigenvalue weighted by Crippen LogP contribution is 2.13. The molecule has 110 valence electrons. The molecule has 0 aliphatic heterocycles. The summed E-state index contributed by atoms with van der Waals surface area (Å²) in [6.07, 6.45) is 0.503. The summed E-state index contributed by atoms with van der Waals surface area (Å²) in [5, 5.41) is 0.606. The van der Waals surface area contributed by atoms with E-state index in [1.165, 1.54) is 11.1 Å². The number of Topliss-reactive ketones (excluding diaryl/α,β-unsaturated/α-hetero) is 1. The van der Waals surface area contributed by atoms with E-state index < -0.39 is 0 Å². The van der Waals surface area contributed by atoms with Gasteiger partial charge in [-0.25, -0.2) is 0 Å². The Hall–Kier alpha value is -1.64. The predicted molar refractivity (Wildman–Crippen MR) is 87.9 cm³/mol. The van der Waals surface area contributed by atoms with Gasteiger partial charge in [-0.05, 0) is 31.7 Å². The summed E-state index contributed by atoms with van der Waals surface area (Å²) in [5.41, 5.74) is 3.22. The number of carbonyl (C=O) groups is 1. The van der Waals surface area contributed by atoms with Crippen molar-refractivity contribution >= 4 is 17.4 Å². The average Bonchev–Trinajstić information content (AvgIpc) is 2.45. The molecule has 2 aromatic rings. The second-order valence-electron chi connectivity index (χ2n) is 5.41. The molecule has 0 aromatic heterocycles. The fourth-order valence-electron chi connectivity index (χ4n) is 2.30. The SMILES string of the molecule is Cc1cccc(CN(C)CCC(=O)c2cccc(Cl)c2)c1. The van der Waals surface area contributed by atoms with Gasteiger partial charge in [0.1, 0.15) is 0 Å². The van der Waals surface area contributed by atoms with Crippen LogP contribution in [0.3, 0.4) is 0 Å². The molecule has 0 saturated carbocycles. The van der Waals surface area contributed by atoms with Gasteiger partial charge in [-0.1, -0.05) is 53.6 Å². The molecule has 2 aromatic carbocycles. The molecule has 0 aliphatic rings. The van der Waals surface area contributed by atoms with Crippen molar-refractivity contribution in [3.63, 3.8) is 0 Å². The van der Waals surface area contributed by atoms with Crippen LogP contribution in [-0.2, 0) is 6.54 Å². The van der Waals surface area contributed by atoms with E-state index in [1.54, 1.807) is 12.1 Å². The molecule has 0 spiro atoms. The van der Waals surface area contributed by atoms with Crippen molar-refractivity contribution in [2.24, 2.45) is 0 Å². The maximum Gasteiger partial charge on any atom is 0.164 e. The Morgan fingerprint density at radius 2 is 1.90 bits per heavy atom. The van der Waals surface area contributed by atoms with Gasteiger partial charge in [0.2, 0.25) is 0 Å². The first-order valence-corrected chi connectivity index (χ1v) is 7.45. The lowest BCUT2D eigenvalue weighted by Gasteiger charge is -2.16.